The molecule has 0 saturated heterocycles. The predicted octanol–water partition coefficient (Wildman–Crippen LogP) is 1.57. The first-order valence-electron chi connectivity index (χ1n) is 3.20. The Morgan fingerprint density at radius 2 is 2.45 bits per heavy atom. The van der Waals surface area contributed by atoms with E-state index in [4.69, 9.17) is 22.4 Å². The van der Waals surface area contributed by atoms with Gasteiger partial charge >= 0.3 is 0 Å². The fourth-order valence-electron chi connectivity index (χ4n) is 0.690. The average molecular weight is 192 g/mol. The highest BCUT2D eigenvalue weighted by atomic mass is 35.5. The third-order valence-electron chi connectivity index (χ3n) is 1.46. The van der Waals surface area contributed by atoms with Crippen LogP contribution in [0, 0.1) is 0 Å². The summed E-state index contributed by atoms with van der Waals surface area (Å²) >= 11 is 7.16. The van der Waals surface area contributed by atoms with E-state index in [1.54, 1.807) is 18.4 Å². The maximum absolute atomic E-state index is 8.90. The van der Waals surface area contributed by atoms with Gasteiger partial charge in [-0.1, -0.05) is 11.6 Å². The Kier molecular flexibility index (Phi) is 2.54. The lowest BCUT2D eigenvalue weighted by Crippen LogP contribution is -2.35. The van der Waals surface area contributed by atoms with Crippen LogP contribution >= 0.6 is 22.9 Å². The average Bonchev–Trinajstić information content (AvgIpc) is 2.36. The molecule has 1 unspecified atom stereocenters. The van der Waals surface area contributed by atoms with E-state index >= 15 is 0 Å². The SMILES string of the molecule is CC(N)(CO)c1cc(Cl)cs1. The lowest BCUT2D eigenvalue weighted by Gasteiger charge is -2.19. The molecule has 4 heteroatoms. The number of thiophene rings is 1. The highest BCUT2D eigenvalue weighted by Crippen LogP contribution is 2.27. The molecule has 62 valence electrons. The lowest BCUT2D eigenvalue weighted by atomic mass is 10.0. The van der Waals surface area contributed by atoms with Crippen molar-refractivity contribution >= 4 is 22.9 Å². The van der Waals surface area contributed by atoms with Gasteiger partial charge in [0.25, 0.3) is 0 Å². The van der Waals surface area contributed by atoms with Crippen molar-refractivity contribution in [1.29, 1.82) is 0 Å². The summed E-state index contributed by atoms with van der Waals surface area (Å²) in [7, 11) is 0. The molecule has 1 aromatic rings. The van der Waals surface area contributed by atoms with E-state index in [0.717, 1.165) is 4.88 Å². The van der Waals surface area contributed by atoms with Crippen LogP contribution in [-0.2, 0) is 5.54 Å². The van der Waals surface area contributed by atoms with Crippen molar-refractivity contribution in [2.24, 2.45) is 5.73 Å². The van der Waals surface area contributed by atoms with Crippen molar-refractivity contribution in [3.05, 3.63) is 21.3 Å². The van der Waals surface area contributed by atoms with Gasteiger partial charge in [-0.15, -0.1) is 11.3 Å². The summed E-state index contributed by atoms with van der Waals surface area (Å²) in [6.07, 6.45) is 0. The molecule has 1 atom stereocenters. The topological polar surface area (TPSA) is 46.2 Å². The second-order valence-electron chi connectivity index (χ2n) is 2.70. The number of hydrogen-bond donors (Lipinski definition) is 2. The molecule has 0 amide bonds. The van der Waals surface area contributed by atoms with Crippen LogP contribution in [0.15, 0.2) is 11.4 Å². The minimum absolute atomic E-state index is 0.0656. The minimum Gasteiger partial charge on any atom is -0.394 e. The van der Waals surface area contributed by atoms with E-state index in [1.807, 2.05) is 0 Å². The quantitative estimate of drug-likeness (QED) is 0.746. The van der Waals surface area contributed by atoms with E-state index < -0.39 is 5.54 Å². The summed E-state index contributed by atoms with van der Waals surface area (Å²) < 4.78 is 0. The van der Waals surface area contributed by atoms with Crippen LogP contribution in [0.5, 0.6) is 0 Å². The maximum atomic E-state index is 8.90. The number of hydrogen-bond acceptors (Lipinski definition) is 3. The first-order valence-corrected chi connectivity index (χ1v) is 4.46. The van der Waals surface area contributed by atoms with Gasteiger partial charge in [0, 0.05) is 10.3 Å². The molecule has 0 bridgehead atoms. The van der Waals surface area contributed by atoms with E-state index in [0.29, 0.717) is 5.02 Å². The molecular formula is C7H10ClNOS. The number of aliphatic hydroxyl groups is 1. The van der Waals surface area contributed by atoms with Gasteiger partial charge in [-0.2, -0.15) is 0 Å². The minimum atomic E-state index is -0.655. The van der Waals surface area contributed by atoms with Gasteiger partial charge in [0.1, 0.15) is 0 Å². The van der Waals surface area contributed by atoms with Gasteiger partial charge in [0.05, 0.1) is 17.2 Å². The largest absolute Gasteiger partial charge is 0.394 e. The molecule has 1 rings (SSSR count). The molecule has 0 radical (unpaired) electrons. The van der Waals surface area contributed by atoms with Crippen LogP contribution in [0.4, 0.5) is 0 Å². The van der Waals surface area contributed by atoms with Crippen molar-refractivity contribution < 1.29 is 5.11 Å². The Hall–Kier alpha value is -0.0900. The second kappa shape index (κ2) is 3.11. The van der Waals surface area contributed by atoms with E-state index in [2.05, 4.69) is 0 Å². The molecule has 0 spiro atoms. The molecule has 0 aliphatic heterocycles. The Bertz CT molecular complexity index is 246. The Morgan fingerprint density at radius 1 is 1.82 bits per heavy atom. The van der Waals surface area contributed by atoms with Gasteiger partial charge < -0.3 is 10.8 Å². The lowest BCUT2D eigenvalue weighted by molar-refractivity contribution is 0.212. The molecule has 2 nitrogen and oxygen atoms in total. The molecule has 0 saturated carbocycles. The smallest absolute Gasteiger partial charge is 0.0709 e. The van der Waals surface area contributed by atoms with Crippen molar-refractivity contribution in [3.8, 4) is 0 Å². The third kappa shape index (κ3) is 1.93. The van der Waals surface area contributed by atoms with E-state index in [9.17, 15) is 0 Å². The standard InChI is InChI=1S/C7H10ClNOS/c1-7(9,4-10)6-2-5(8)3-11-6/h2-3,10H,4,9H2,1H3. The van der Waals surface area contributed by atoms with Crippen LogP contribution in [0.25, 0.3) is 0 Å². The van der Waals surface area contributed by atoms with Crippen LogP contribution in [0.2, 0.25) is 5.02 Å². The normalized spacial score (nSPS) is 16.4. The summed E-state index contributed by atoms with van der Waals surface area (Å²) in [5.41, 5.74) is 5.10. The van der Waals surface area contributed by atoms with Crippen LogP contribution < -0.4 is 5.73 Å². The molecule has 0 aromatic carbocycles. The molecule has 0 aliphatic rings. The fourth-order valence-corrected chi connectivity index (χ4v) is 1.83. The van der Waals surface area contributed by atoms with Gasteiger partial charge in [-0.3, -0.25) is 0 Å². The number of halogens is 1. The van der Waals surface area contributed by atoms with Crippen molar-refractivity contribution in [2.75, 3.05) is 6.61 Å². The van der Waals surface area contributed by atoms with E-state index in [1.165, 1.54) is 11.3 Å². The zero-order chi connectivity index (χ0) is 8.48. The van der Waals surface area contributed by atoms with Crippen molar-refractivity contribution in [1.82, 2.24) is 0 Å². The molecule has 11 heavy (non-hydrogen) atoms. The summed E-state index contributed by atoms with van der Waals surface area (Å²) in [5, 5.41) is 11.4. The molecular weight excluding hydrogens is 182 g/mol. The molecule has 1 heterocycles. The fraction of sp³-hybridized carbons (Fsp3) is 0.429. The van der Waals surface area contributed by atoms with Crippen molar-refractivity contribution in [3.63, 3.8) is 0 Å². The molecule has 0 aliphatic carbocycles. The Morgan fingerprint density at radius 3 is 2.82 bits per heavy atom. The molecule has 3 N–H and O–H groups in total. The maximum Gasteiger partial charge on any atom is 0.0709 e. The number of aliphatic hydroxyl groups excluding tert-OH is 1. The third-order valence-corrected chi connectivity index (χ3v) is 3.02. The highest BCUT2D eigenvalue weighted by Gasteiger charge is 2.21. The summed E-state index contributed by atoms with van der Waals surface area (Å²) in [4.78, 5) is 0.907. The Balaban J connectivity index is 2.92. The first kappa shape index (κ1) is 9.00. The number of rotatable bonds is 2. The van der Waals surface area contributed by atoms with Crippen LogP contribution in [-0.4, -0.2) is 11.7 Å². The highest BCUT2D eigenvalue weighted by molar-refractivity contribution is 7.10. The van der Waals surface area contributed by atoms with Crippen LogP contribution in [0.3, 0.4) is 0 Å². The summed E-state index contributed by atoms with van der Waals surface area (Å²) in [6.45, 7) is 1.71. The summed E-state index contributed by atoms with van der Waals surface area (Å²) in [5.74, 6) is 0. The zero-order valence-corrected chi connectivity index (χ0v) is 7.75. The van der Waals surface area contributed by atoms with Gasteiger partial charge in [-0.05, 0) is 13.0 Å². The van der Waals surface area contributed by atoms with Crippen molar-refractivity contribution in [2.45, 2.75) is 12.5 Å². The van der Waals surface area contributed by atoms with Gasteiger partial charge in [-0.25, -0.2) is 0 Å². The second-order valence-corrected chi connectivity index (χ2v) is 4.05. The van der Waals surface area contributed by atoms with Crippen LogP contribution in [0.1, 0.15) is 11.8 Å². The Labute approximate surface area is 74.6 Å². The summed E-state index contributed by atoms with van der Waals surface area (Å²) in [6, 6.07) is 1.78. The van der Waals surface area contributed by atoms with E-state index in [-0.39, 0.29) is 6.61 Å². The number of nitrogens with two attached hydrogens (primary N) is 1. The predicted molar refractivity (Wildman–Crippen MR) is 48.0 cm³/mol. The zero-order valence-electron chi connectivity index (χ0n) is 6.17. The molecule has 1 aromatic heterocycles. The first-order chi connectivity index (χ1) is 5.06. The molecule has 0 fully saturated rings. The monoisotopic (exact) mass is 191 g/mol. The van der Waals surface area contributed by atoms with Gasteiger partial charge in [0.15, 0.2) is 0 Å². The van der Waals surface area contributed by atoms with Gasteiger partial charge in [0.2, 0.25) is 0 Å².